The van der Waals surface area contributed by atoms with Crippen LogP contribution in [0.1, 0.15) is 89.6 Å². The lowest BCUT2D eigenvalue weighted by Crippen LogP contribution is -2.49. The van der Waals surface area contributed by atoms with Crippen molar-refractivity contribution in [3.8, 4) is 0 Å². The van der Waals surface area contributed by atoms with Crippen LogP contribution in [0.4, 0.5) is 25.4 Å². The summed E-state index contributed by atoms with van der Waals surface area (Å²) in [6, 6.07) is 8.27. The third kappa shape index (κ3) is 14.8. The number of Topliss-reactive ketones (excluding diaryl/α,β-unsaturated/α-hetero) is 1. The van der Waals surface area contributed by atoms with Gasteiger partial charge in [0.25, 0.3) is 0 Å². The summed E-state index contributed by atoms with van der Waals surface area (Å²) < 4.78 is 27.8. The van der Waals surface area contributed by atoms with Gasteiger partial charge < -0.3 is 49.8 Å². The first-order valence-corrected chi connectivity index (χ1v) is 21.7. The maximum absolute atomic E-state index is 15.4. The van der Waals surface area contributed by atoms with Crippen molar-refractivity contribution >= 4 is 63.9 Å². The fourth-order valence-electron chi connectivity index (χ4n) is 7.20. The molecule has 354 valence electrons. The molecule has 5 amide bonds. The van der Waals surface area contributed by atoms with Gasteiger partial charge in [0.1, 0.15) is 23.6 Å². The normalized spacial score (nSPS) is 13.8. The van der Waals surface area contributed by atoms with Crippen LogP contribution in [-0.2, 0) is 41.8 Å². The maximum Gasteiger partial charge on any atom is 0.410 e. The number of halogens is 1. The summed E-state index contributed by atoms with van der Waals surface area (Å²) in [4.78, 5) is 107. The lowest BCUT2D eigenvalue weighted by molar-refractivity contribution is -0.131. The predicted octanol–water partition coefficient (Wildman–Crippen LogP) is 5.15. The first-order valence-electron chi connectivity index (χ1n) is 21.7. The van der Waals surface area contributed by atoms with E-state index in [0.717, 1.165) is 6.07 Å². The first-order chi connectivity index (χ1) is 30.6. The highest BCUT2D eigenvalue weighted by Crippen LogP contribution is 2.27. The van der Waals surface area contributed by atoms with Gasteiger partial charge in [0.15, 0.2) is 5.78 Å². The Labute approximate surface area is 377 Å². The Balaban J connectivity index is 1.34. The number of pyridine rings is 1. The molecule has 1 aromatic heterocycles. The summed E-state index contributed by atoms with van der Waals surface area (Å²) in [7, 11) is 3.26. The van der Waals surface area contributed by atoms with Crippen molar-refractivity contribution in [1.29, 1.82) is 0 Å². The number of ketones is 1. The standard InChI is InChI=1S/C46H62FN7O11/c1-9-52-26-33(43(60)61)41(58)32-24-34(47)36(25-35(32)52)53-19-21-54(22-20-53)45(63)64-27-29-13-15-31(16-14-29)49-42(59)30(17-18-48-44(62)65-46(4,5)6)23-37(55)40(28(2)3)50-38(56)11-10-12-39(57)51(7)8/h13-16,24-26,28,30,40H,9-12,17-23,27H2,1-8H3,(H,48,62)(H,49,59)(H,50,56)(H,60,61)/t30-,40+/m1/s1. The van der Waals surface area contributed by atoms with E-state index in [2.05, 4.69) is 16.0 Å². The average molecular weight is 908 g/mol. The van der Waals surface area contributed by atoms with Crippen LogP contribution in [0.3, 0.4) is 0 Å². The van der Waals surface area contributed by atoms with Gasteiger partial charge in [-0.15, -0.1) is 0 Å². The molecular formula is C46H62FN7O11. The number of aromatic nitrogens is 1. The third-order valence-corrected chi connectivity index (χ3v) is 10.8. The second-order valence-corrected chi connectivity index (χ2v) is 17.5. The van der Waals surface area contributed by atoms with E-state index in [-0.39, 0.29) is 99.6 Å². The van der Waals surface area contributed by atoms with E-state index in [9.17, 15) is 43.5 Å². The van der Waals surface area contributed by atoms with Crippen molar-refractivity contribution in [2.24, 2.45) is 11.8 Å². The number of anilines is 2. The maximum atomic E-state index is 15.4. The Bertz CT molecular complexity index is 2280. The van der Waals surface area contributed by atoms with Gasteiger partial charge in [-0.25, -0.2) is 18.8 Å². The summed E-state index contributed by atoms with van der Waals surface area (Å²) >= 11 is 0. The summed E-state index contributed by atoms with van der Waals surface area (Å²) in [5, 5.41) is 17.6. The summed E-state index contributed by atoms with van der Waals surface area (Å²) in [6.07, 6.45) is 0.387. The lowest BCUT2D eigenvalue weighted by Gasteiger charge is -2.35. The number of amides is 5. The van der Waals surface area contributed by atoms with Crippen LogP contribution in [0, 0.1) is 17.7 Å². The Morgan fingerprint density at radius 1 is 0.954 bits per heavy atom. The molecule has 0 bridgehead atoms. The second kappa shape index (κ2) is 22.9. The van der Waals surface area contributed by atoms with E-state index in [1.54, 1.807) is 89.4 Å². The Morgan fingerprint density at radius 3 is 2.20 bits per heavy atom. The number of benzene rings is 2. The van der Waals surface area contributed by atoms with Gasteiger partial charge in [-0.05, 0) is 76.3 Å². The minimum absolute atomic E-state index is 0.0255. The number of aromatic carboxylic acids is 1. The summed E-state index contributed by atoms with van der Waals surface area (Å²) in [5.41, 5.74) is -0.307. The van der Waals surface area contributed by atoms with Crippen LogP contribution in [-0.4, -0.2) is 120 Å². The van der Waals surface area contributed by atoms with Crippen LogP contribution >= 0.6 is 0 Å². The number of fused-ring (bicyclic) bond motifs is 1. The predicted molar refractivity (Wildman–Crippen MR) is 241 cm³/mol. The van der Waals surface area contributed by atoms with E-state index in [1.165, 1.54) is 22.1 Å². The van der Waals surface area contributed by atoms with Gasteiger partial charge in [0, 0.05) is 95.8 Å². The molecule has 0 spiro atoms. The third-order valence-electron chi connectivity index (χ3n) is 10.8. The number of nitrogens with zero attached hydrogens (tertiary/aromatic N) is 4. The molecule has 1 saturated heterocycles. The number of alkyl carbamates (subject to hydrolysis) is 1. The average Bonchev–Trinajstić information content (AvgIpc) is 3.24. The van der Waals surface area contributed by atoms with Crippen LogP contribution in [0.15, 0.2) is 47.4 Å². The molecule has 1 aliphatic heterocycles. The van der Waals surface area contributed by atoms with E-state index in [1.807, 2.05) is 0 Å². The Hall–Kier alpha value is -6.53. The molecule has 2 atom stereocenters. The number of carbonyl (C=O) groups is 7. The smallest absolute Gasteiger partial charge is 0.410 e. The minimum atomic E-state index is -1.39. The fraction of sp³-hybridized carbons (Fsp3) is 0.522. The highest BCUT2D eigenvalue weighted by Gasteiger charge is 2.31. The Kier molecular flexibility index (Phi) is 18.0. The van der Waals surface area contributed by atoms with Gasteiger partial charge in [0.05, 0.1) is 17.2 Å². The van der Waals surface area contributed by atoms with E-state index in [0.29, 0.717) is 29.7 Å². The number of hydrogen-bond acceptors (Lipinski definition) is 11. The summed E-state index contributed by atoms with van der Waals surface area (Å²) in [6.45, 7) is 11.8. The second-order valence-electron chi connectivity index (χ2n) is 17.5. The van der Waals surface area contributed by atoms with Gasteiger partial charge in [-0.2, -0.15) is 0 Å². The lowest BCUT2D eigenvalue weighted by atomic mass is 9.90. The van der Waals surface area contributed by atoms with Crippen molar-refractivity contribution in [2.45, 2.75) is 98.4 Å². The molecule has 2 heterocycles. The zero-order chi connectivity index (χ0) is 48.2. The van der Waals surface area contributed by atoms with Crippen molar-refractivity contribution in [1.82, 2.24) is 25.0 Å². The largest absolute Gasteiger partial charge is 0.477 e. The Morgan fingerprint density at radius 2 is 1.62 bits per heavy atom. The van der Waals surface area contributed by atoms with Crippen molar-refractivity contribution in [3.05, 3.63) is 69.8 Å². The molecule has 65 heavy (non-hydrogen) atoms. The molecule has 18 nitrogen and oxygen atoms in total. The molecule has 0 saturated carbocycles. The van der Waals surface area contributed by atoms with Gasteiger partial charge >= 0.3 is 18.2 Å². The van der Waals surface area contributed by atoms with Crippen LogP contribution in [0.2, 0.25) is 0 Å². The number of carboxylic acids is 1. The van der Waals surface area contributed by atoms with Gasteiger partial charge in [-0.1, -0.05) is 26.0 Å². The van der Waals surface area contributed by atoms with E-state index >= 15 is 4.39 Å². The number of piperazine rings is 1. The number of hydrogen-bond donors (Lipinski definition) is 4. The SMILES string of the molecule is CCn1cc(C(=O)O)c(=O)c2cc(F)c(N3CCN(C(=O)OCc4ccc(NC(=O)[C@H](CCNC(=O)OC(C)(C)C)CC(=O)[C@@H](NC(=O)CCCC(=O)N(C)C)C(C)C)cc4)CC3)cc21. The van der Waals surface area contributed by atoms with Crippen LogP contribution in [0.25, 0.3) is 10.9 Å². The zero-order valence-corrected chi connectivity index (χ0v) is 38.5. The monoisotopic (exact) mass is 907 g/mol. The van der Waals surface area contributed by atoms with E-state index in [4.69, 9.17) is 9.47 Å². The van der Waals surface area contributed by atoms with Crippen molar-refractivity contribution in [2.75, 3.05) is 57.0 Å². The molecule has 0 unspecified atom stereocenters. The number of carboxylic acid groups (broad SMARTS) is 1. The van der Waals surface area contributed by atoms with Crippen molar-refractivity contribution < 1.29 is 52.5 Å². The zero-order valence-electron chi connectivity index (χ0n) is 38.5. The number of rotatable bonds is 19. The highest BCUT2D eigenvalue weighted by molar-refractivity contribution is 5.97. The number of aryl methyl sites for hydroxylation is 1. The van der Waals surface area contributed by atoms with Crippen molar-refractivity contribution in [3.63, 3.8) is 0 Å². The number of nitrogens with one attached hydrogen (secondary N) is 3. The van der Waals surface area contributed by atoms with Crippen LogP contribution in [0.5, 0.6) is 0 Å². The minimum Gasteiger partial charge on any atom is -0.477 e. The molecule has 0 aliphatic carbocycles. The summed E-state index contributed by atoms with van der Waals surface area (Å²) in [5.74, 6) is -4.63. The highest BCUT2D eigenvalue weighted by atomic mass is 19.1. The molecule has 4 N–H and O–H groups in total. The molecule has 1 aliphatic rings. The topological polar surface area (TPSA) is 226 Å². The fourth-order valence-corrected chi connectivity index (χ4v) is 7.20. The van der Waals surface area contributed by atoms with E-state index < -0.39 is 58.4 Å². The molecule has 1 fully saturated rings. The first kappa shape index (κ1) is 51.1. The number of carbonyl (C=O) groups excluding carboxylic acids is 6. The molecule has 3 aromatic rings. The molecule has 19 heteroatoms. The molecule has 2 aromatic carbocycles. The molecule has 0 radical (unpaired) electrons. The number of ether oxygens (including phenoxy) is 2. The van der Waals surface area contributed by atoms with Crippen LogP contribution < -0.4 is 26.3 Å². The molecule has 4 rings (SSSR count). The van der Waals surface area contributed by atoms with Gasteiger partial charge in [-0.3, -0.25) is 24.0 Å². The molecular weight excluding hydrogens is 846 g/mol. The quantitative estimate of drug-likeness (QED) is 0.123. The van der Waals surface area contributed by atoms with Gasteiger partial charge in [0.2, 0.25) is 23.2 Å².